The second-order valence-corrected chi connectivity index (χ2v) is 2.34. The van der Waals surface area contributed by atoms with Crippen LogP contribution < -0.4 is 4.74 Å². The quantitative estimate of drug-likeness (QED) is 0.571. The highest BCUT2D eigenvalue weighted by Crippen LogP contribution is 2.29. The largest absolute Gasteiger partial charge is 0.502 e. The fourth-order valence-corrected chi connectivity index (χ4v) is 0.906. The molecule has 1 aromatic carbocycles. The molecule has 1 rings (SSSR count). The molecule has 0 amide bonds. The van der Waals surface area contributed by atoms with Crippen LogP contribution >= 0.6 is 0 Å². The van der Waals surface area contributed by atoms with Gasteiger partial charge in [0.25, 0.3) is 0 Å². The minimum atomic E-state index is -0.655. The summed E-state index contributed by atoms with van der Waals surface area (Å²) in [6.45, 7) is 2.21. The smallest absolute Gasteiger partial charge is 0.314 e. The number of hydrogen-bond donors (Lipinski definition) is 1. The molecular formula is C8H9NO4. The van der Waals surface area contributed by atoms with E-state index in [4.69, 9.17) is 9.84 Å². The van der Waals surface area contributed by atoms with Crippen molar-refractivity contribution in [3.05, 3.63) is 28.3 Å². The number of phenolic OH excluding ortho intramolecular Hbond substituents is 1. The van der Waals surface area contributed by atoms with E-state index in [9.17, 15) is 10.1 Å². The maximum absolute atomic E-state index is 10.4. The van der Waals surface area contributed by atoms with E-state index in [0.29, 0.717) is 12.4 Å². The van der Waals surface area contributed by atoms with Gasteiger partial charge in [-0.2, -0.15) is 0 Å². The zero-order chi connectivity index (χ0) is 9.84. The molecule has 0 atom stereocenters. The van der Waals surface area contributed by atoms with E-state index in [-0.39, 0.29) is 11.4 Å². The Hall–Kier alpha value is -1.78. The third-order valence-electron chi connectivity index (χ3n) is 1.45. The van der Waals surface area contributed by atoms with Gasteiger partial charge in [0.1, 0.15) is 5.75 Å². The van der Waals surface area contributed by atoms with E-state index in [1.54, 1.807) is 6.92 Å². The van der Waals surface area contributed by atoms with Crippen LogP contribution in [0.25, 0.3) is 0 Å². The maximum Gasteiger partial charge on any atom is 0.314 e. The molecule has 0 radical (unpaired) electrons. The first-order chi connectivity index (χ1) is 6.15. The van der Waals surface area contributed by atoms with Crippen molar-refractivity contribution in [1.29, 1.82) is 0 Å². The molecule has 13 heavy (non-hydrogen) atoms. The molecule has 0 unspecified atom stereocenters. The van der Waals surface area contributed by atoms with E-state index in [0.717, 1.165) is 0 Å². The predicted molar refractivity (Wildman–Crippen MR) is 45.9 cm³/mol. The van der Waals surface area contributed by atoms with Crippen LogP contribution in [0.4, 0.5) is 5.69 Å². The molecule has 0 aliphatic rings. The predicted octanol–water partition coefficient (Wildman–Crippen LogP) is 1.70. The van der Waals surface area contributed by atoms with E-state index < -0.39 is 4.92 Å². The highest BCUT2D eigenvalue weighted by molar-refractivity contribution is 5.49. The van der Waals surface area contributed by atoms with E-state index in [1.165, 1.54) is 18.2 Å². The summed E-state index contributed by atoms with van der Waals surface area (Å²) in [4.78, 5) is 9.71. The summed E-state index contributed by atoms with van der Waals surface area (Å²) < 4.78 is 5.04. The molecule has 0 aliphatic heterocycles. The van der Waals surface area contributed by atoms with Gasteiger partial charge in [-0.3, -0.25) is 10.1 Å². The minimum absolute atomic E-state index is 0.342. The molecule has 0 spiro atoms. The van der Waals surface area contributed by atoms with Gasteiger partial charge >= 0.3 is 5.69 Å². The van der Waals surface area contributed by atoms with Crippen molar-refractivity contribution in [3.8, 4) is 11.5 Å². The Balaban J connectivity index is 3.04. The number of nitro benzene ring substituents is 1. The van der Waals surface area contributed by atoms with Gasteiger partial charge in [0, 0.05) is 0 Å². The number of aromatic hydroxyl groups is 1. The molecular weight excluding hydrogens is 174 g/mol. The van der Waals surface area contributed by atoms with Crippen molar-refractivity contribution in [2.75, 3.05) is 6.61 Å². The first-order valence-corrected chi connectivity index (χ1v) is 3.75. The summed E-state index contributed by atoms with van der Waals surface area (Å²) in [5, 5.41) is 19.4. The normalized spacial score (nSPS) is 9.62. The van der Waals surface area contributed by atoms with Gasteiger partial charge < -0.3 is 9.84 Å². The average Bonchev–Trinajstić information content (AvgIpc) is 2.08. The summed E-state index contributed by atoms with van der Waals surface area (Å²) in [5.41, 5.74) is -0.342. The number of benzene rings is 1. The fraction of sp³-hybridized carbons (Fsp3) is 0.250. The summed E-state index contributed by atoms with van der Waals surface area (Å²) in [5.74, 6) is 0.0282. The molecule has 5 heteroatoms. The van der Waals surface area contributed by atoms with E-state index >= 15 is 0 Å². The third-order valence-corrected chi connectivity index (χ3v) is 1.45. The van der Waals surface area contributed by atoms with Gasteiger partial charge in [0.15, 0.2) is 5.75 Å². The number of hydrogen-bond acceptors (Lipinski definition) is 4. The second-order valence-electron chi connectivity index (χ2n) is 2.34. The Labute approximate surface area is 74.7 Å². The minimum Gasteiger partial charge on any atom is -0.502 e. The summed E-state index contributed by atoms with van der Waals surface area (Å²) in [6, 6.07) is 3.91. The number of nitrogens with zero attached hydrogens (tertiary/aromatic N) is 1. The molecule has 1 N–H and O–H groups in total. The Morgan fingerprint density at radius 3 is 2.85 bits per heavy atom. The van der Waals surface area contributed by atoms with Crippen LogP contribution in [0.3, 0.4) is 0 Å². The van der Waals surface area contributed by atoms with Crippen LogP contribution in [0.2, 0.25) is 0 Å². The highest BCUT2D eigenvalue weighted by atomic mass is 16.6. The lowest BCUT2D eigenvalue weighted by atomic mass is 10.3. The third kappa shape index (κ3) is 2.08. The van der Waals surface area contributed by atoms with Crippen molar-refractivity contribution >= 4 is 5.69 Å². The number of ether oxygens (including phenoxy) is 1. The fourth-order valence-electron chi connectivity index (χ4n) is 0.906. The summed E-state index contributed by atoms with van der Waals surface area (Å²) in [7, 11) is 0. The average molecular weight is 183 g/mol. The van der Waals surface area contributed by atoms with Crippen molar-refractivity contribution in [2.45, 2.75) is 6.92 Å². The van der Waals surface area contributed by atoms with Crippen LogP contribution in [0, 0.1) is 10.1 Å². The SMILES string of the molecule is CCOc1ccc(O)c([N+](=O)[O-])c1. The molecule has 0 aliphatic carbocycles. The van der Waals surface area contributed by atoms with Crippen molar-refractivity contribution in [2.24, 2.45) is 0 Å². The lowest BCUT2D eigenvalue weighted by molar-refractivity contribution is -0.385. The van der Waals surface area contributed by atoms with Gasteiger partial charge in [-0.1, -0.05) is 0 Å². The second kappa shape index (κ2) is 3.75. The van der Waals surface area contributed by atoms with Gasteiger partial charge in [-0.05, 0) is 19.1 Å². The van der Waals surface area contributed by atoms with Crippen LogP contribution in [-0.4, -0.2) is 16.6 Å². The van der Waals surface area contributed by atoms with Crippen LogP contribution in [0.1, 0.15) is 6.92 Å². The molecule has 70 valence electrons. The molecule has 0 heterocycles. The Morgan fingerprint density at radius 1 is 1.62 bits per heavy atom. The topological polar surface area (TPSA) is 72.6 Å². The Bertz CT molecular complexity index is 324. The monoisotopic (exact) mass is 183 g/mol. The van der Waals surface area contributed by atoms with Gasteiger partial charge in [0.05, 0.1) is 17.6 Å². The Kier molecular flexibility index (Phi) is 2.69. The number of rotatable bonds is 3. The summed E-state index contributed by atoms with van der Waals surface area (Å²) >= 11 is 0. The molecule has 5 nitrogen and oxygen atoms in total. The molecule has 0 saturated carbocycles. The van der Waals surface area contributed by atoms with Gasteiger partial charge in [-0.25, -0.2) is 0 Å². The van der Waals surface area contributed by atoms with Crippen molar-refractivity contribution < 1.29 is 14.8 Å². The van der Waals surface area contributed by atoms with Crippen LogP contribution in [0.5, 0.6) is 11.5 Å². The Morgan fingerprint density at radius 2 is 2.31 bits per heavy atom. The van der Waals surface area contributed by atoms with E-state index in [1.807, 2.05) is 0 Å². The molecule has 0 fully saturated rings. The van der Waals surface area contributed by atoms with Gasteiger partial charge in [-0.15, -0.1) is 0 Å². The molecule has 0 bridgehead atoms. The molecule has 0 saturated heterocycles. The highest BCUT2D eigenvalue weighted by Gasteiger charge is 2.13. The van der Waals surface area contributed by atoms with E-state index in [2.05, 4.69) is 0 Å². The van der Waals surface area contributed by atoms with Crippen LogP contribution in [-0.2, 0) is 0 Å². The zero-order valence-electron chi connectivity index (χ0n) is 7.06. The van der Waals surface area contributed by atoms with Crippen LogP contribution in [0.15, 0.2) is 18.2 Å². The van der Waals surface area contributed by atoms with Crippen molar-refractivity contribution in [3.63, 3.8) is 0 Å². The standard InChI is InChI=1S/C8H9NO4/c1-2-13-6-3-4-8(10)7(5-6)9(11)12/h3-5,10H,2H2,1H3. The molecule has 0 aromatic heterocycles. The number of phenols is 1. The maximum atomic E-state index is 10.4. The van der Waals surface area contributed by atoms with Crippen molar-refractivity contribution in [1.82, 2.24) is 0 Å². The lowest BCUT2D eigenvalue weighted by Crippen LogP contribution is -1.93. The molecule has 1 aromatic rings. The first-order valence-electron chi connectivity index (χ1n) is 3.75. The zero-order valence-corrected chi connectivity index (χ0v) is 7.06. The number of nitro groups is 1. The lowest BCUT2D eigenvalue weighted by Gasteiger charge is -2.02. The van der Waals surface area contributed by atoms with Gasteiger partial charge in [0.2, 0.25) is 0 Å². The summed E-state index contributed by atoms with van der Waals surface area (Å²) in [6.07, 6.45) is 0. The first kappa shape index (κ1) is 9.31.